The predicted molar refractivity (Wildman–Crippen MR) is 46.7 cm³/mol. The van der Waals surface area contributed by atoms with Gasteiger partial charge in [-0.2, -0.15) is 0 Å². The summed E-state index contributed by atoms with van der Waals surface area (Å²) in [6.45, 7) is 0. The molecule has 0 aromatic carbocycles. The smallest absolute Gasteiger partial charge is 0.154 e. The quantitative estimate of drug-likeness (QED) is 0.603. The summed E-state index contributed by atoms with van der Waals surface area (Å²) in [4.78, 5) is 0. The van der Waals surface area contributed by atoms with Crippen molar-refractivity contribution in [3.63, 3.8) is 0 Å². The molecule has 12 heavy (non-hydrogen) atoms. The van der Waals surface area contributed by atoms with Crippen LogP contribution in [0.2, 0.25) is 0 Å². The topological polar surface area (TPSA) is 29.5 Å². The molecule has 0 radical (unpaired) electrons. The third-order valence-electron chi connectivity index (χ3n) is 3.20. The van der Waals surface area contributed by atoms with Crippen LogP contribution in [0, 0.1) is 5.92 Å². The lowest BCUT2D eigenvalue weighted by Gasteiger charge is -2.30. The molecular weight excluding hydrogens is 152 g/mol. The predicted octanol–water partition coefficient (Wildman–Crippen LogP) is 2.06. The SMILES string of the molecule is OC1CCCC2CCCCC2O1. The van der Waals surface area contributed by atoms with Gasteiger partial charge in [-0.1, -0.05) is 12.8 Å². The Morgan fingerprint density at radius 2 is 1.67 bits per heavy atom. The molecule has 2 rings (SSSR count). The Morgan fingerprint density at radius 1 is 0.917 bits per heavy atom. The van der Waals surface area contributed by atoms with Crippen molar-refractivity contribution >= 4 is 0 Å². The van der Waals surface area contributed by atoms with E-state index in [2.05, 4.69) is 0 Å². The van der Waals surface area contributed by atoms with Crippen LogP contribution in [0.15, 0.2) is 0 Å². The first kappa shape index (κ1) is 8.52. The molecule has 1 saturated heterocycles. The van der Waals surface area contributed by atoms with Crippen LogP contribution in [-0.2, 0) is 4.74 Å². The second-order valence-electron chi connectivity index (χ2n) is 4.10. The number of aliphatic hydroxyl groups excluding tert-OH is 1. The van der Waals surface area contributed by atoms with Gasteiger partial charge in [-0.25, -0.2) is 0 Å². The third-order valence-corrected chi connectivity index (χ3v) is 3.20. The fourth-order valence-corrected chi connectivity index (χ4v) is 2.51. The van der Waals surface area contributed by atoms with Crippen LogP contribution in [-0.4, -0.2) is 17.5 Å². The molecule has 3 atom stereocenters. The van der Waals surface area contributed by atoms with E-state index in [1.165, 1.54) is 32.1 Å². The molecular formula is C10H18O2. The summed E-state index contributed by atoms with van der Waals surface area (Å²) in [7, 11) is 0. The summed E-state index contributed by atoms with van der Waals surface area (Å²) < 4.78 is 5.57. The second-order valence-corrected chi connectivity index (χ2v) is 4.10. The van der Waals surface area contributed by atoms with Gasteiger partial charge in [-0.3, -0.25) is 0 Å². The summed E-state index contributed by atoms with van der Waals surface area (Å²) in [6, 6.07) is 0. The highest BCUT2D eigenvalue weighted by molar-refractivity contribution is 4.78. The molecule has 0 aromatic rings. The van der Waals surface area contributed by atoms with E-state index in [1.54, 1.807) is 0 Å². The van der Waals surface area contributed by atoms with E-state index in [0.29, 0.717) is 6.10 Å². The van der Waals surface area contributed by atoms with E-state index in [0.717, 1.165) is 18.8 Å². The zero-order chi connectivity index (χ0) is 8.39. The number of ether oxygens (including phenoxy) is 1. The fourth-order valence-electron chi connectivity index (χ4n) is 2.51. The van der Waals surface area contributed by atoms with Crippen LogP contribution >= 0.6 is 0 Å². The minimum Gasteiger partial charge on any atom is -0.368 e. The van der Waals surface area contributed by atoms with Gasteiger partial charge in [0.1, 0.15) is 0 Å². The number of aliphatic hydroxyl groups is 1. The molecule has 70 valence electrons. The summed E-state index contributed by atoms with van der Waals surface area (Å²) in [5.74, 6) is 0.746. The molecule has 1 aliphatic carbocycles. The monoisotopic (exact) mass is 170 g/mol. The van der Waals surface area contributed by atoms with Gasteiger partial charge in [-0.05, 0) is 38.0 Å². The lowest BCUT2D eigenvalue weighted by molar-refractivity contribution is -0.150. The van der Waals surface area contributed by atoms with E-state index >= 15 is 0 Å². The van der Waals surface area contributed by atoms with Crippen molar-refractivity contribution in [3.8, 4) is 0 Å². The van der Waals surface area contributed by atoms with Crippen LogP contribution in [0.4, 0.5) is 0 Å². The highest BCUT2D eigenvalue weighted by atomic mass is 16.6. The molecule has 2 nitrogen and oxygen atoms in total. The molecule has 2 fully saturated rings. The molecule has 1 aliphatic heterocycles. The fraction of sp³-hybridized carbons (Fsp3) is 1.00. The number of hydrogen-bond donors (Lipinski definition) is 1. The van der Waals surface area contributed by atoms with Crippen molar-refractivity contribution in [1.29, 1.82) is 0 Å². The average Bonchev–Trinajstić information content (AvgIpc) is 2.25. The van der Waals surface area contributed by atoms with Gasteiger partial charge in [0.05, 0.1) is 6.10 Å². The number of rotatable bonds is 0. The van der Waals surface area contributed by atoms with Gasteiger partial charge in [0, 0.05) is 0 Å². The molecule has 1 saturated carbocycles. The van der Waals surface area contributed by atoms with E-state index in [1.807, 2.05) is 0 Å². The lowest BCUT2D eigenvalue weighted by Crippen LogP contribution is -2.29. The Labute approximate surface area is 73.9 Å². The van der Waals surface area contributed by atoms with Gasteiger partial charge in [0.15, 0.2) is 6.29 Å². The third kappa shape index (κ3) is 1.80. The number of hydrogen-bond acceptors (Lipinski definition) is 2. The van der Waals surface area contributed by atoms with Gasteiger partial charge >= 0.3 is 0 Å². The zero-order valence-electron chi connectivity index (χ0n) is 7.54. The van der Waals surface area contributed by atoms with Gasteiger partial charge < -0.3 is 9.84 Å². The van der Waals surface area contributed by atoms with Crippen LogP contribution < -0.4 is 0 Å². The van der Waals surface area contributed by atoms with E-state index in [9.17, 15) is 5.11 Å². The van der Waals surface area contributed by atoms with Crippen molar-refractivity contribution < 1.29 is 9.84 Å². The first-order valence-electron chi connectivity index (χ1n) is 5.20. The maximum absolute atomic E-state index is 9.41. The average molecular weight is 170 g/mol. The van der Waals surface area contributed by atoms with E-state index in [4.69, 9.17) is 4.74 Å². The number of fused-ring (bicyclic) bond motifs is 1. The van der Waals surface area contributed by atoms with Crippen molar-refractivity contribution in [2.75, 3.05) is 0 Å². The highest BCUT2D eigenvalue weighted by Crippen LogP contribution is 2.33. The Hall–Kier alpha value is -0.0800. The van der Waals surface area contributed by atoms with E-state index < -0.39 is 6.29 Å². The van der Waals surface area contributed by atoms with Crippen molar-refractivity contribution in [2.45, 2.75) is 57.3 Å². The molecule has 2 heteroatoms. The molecule has 2 aliphatic rings. The van der Waals surface area contributed by atoms with Crippen molar-refractivity contribution in [1.82, 2.24) is 0 Å². The second kappa shape index (κ2) is 3.75. The molecule has 1 heterocycles. The summed E-state index contributed by atoms with van der Waals surface area (Å²) in [5.41, 5.74) is 0. The largest absolute Gasteiger partial charge is 0.368 e. The minimum atomic E-state index is -0.474. The van der Waals surface area contributed by atoms with Gasteiger partial charge in [-0.15, -0.1) is 0 Å². The minimum absolute atomic E-state index is 0.372. The first-order valence-corrected chi connectivity index (χ1v) is 5.20. The summed E-state index contributed by atoms with van der Waals surface area (Å²) in [6.07, 6.45) is 8.28. The summed E-state index contributed by atoms with van der Waals surface area (Å²) in [5, 5.41) is 9.41. The Morgan fingerprint density at radius 3 is 2.58 bits per heavy atom. The van der Waals surface area contributed by atoms with Crippen LogP contribution in [0.3, 0.4) is 0 Å². The molecule has 0 bridgehead atoms. The van der Waals surface area contributed by atoms with Crippen molar-refractivity contribution in [2.24, 2.45) is 5.92 Å². The zero-order valence-corrected chi connectivity index (χ0v) is 7.54. The Bertz CT molecular complexity index is 147. The normalized spacial score (nSPS) is 43.2. The standard InChI is InChI=1S/C10H18O2/c11-10-7-3-5-8-4-1-2-6-9(8)12-10/h8-11H,1-7H2. The Kier molecular flexibility index (Phi) is 2.66. The van der Waals surface area contributed by atoms with Gasteiger partial charge in [0.2, 0.25) is 0 Å². The molecule has 1 N–H and O–H groups in total. The summed E-state index contributed by atoms with van der Waals surface area (Å²) >= 11 is 0. The first-order chi connectivity index (χ1) is 5.86. The highest BCUT2D eigenvalue weighted by Gasteiger charge is 2.29. The van der Waals surface area contributed by atoms with Crippen LogP contribution in [0.1, 0.15) is 44.9 Å². The lowest BCUT2D eigenvalue weighted by atomic mass is 9.84. The van der Waals surface area contributed by atoms with Crippen LogP contribution in [0.25, 0.3) is 0 Å². The van der Waals surface area contributed by atoms with Crippen LogP contribution in [0.5, 0.6) is 0 Å². The molecule has 0 amide bonds. The maximum atomic E-state index is 9.41. The molecule has 0 spiro atoms. The van der Waals surface area contributed by atoms with Gasteiger partial charge in [0.25, 0.3) is 0 Å². The Balaban J connectivity index is 1.96. The van der Waals surface area contributed by atoms with Crippen molar-refractivity contribution in [3.05, 3.63) is 0 Å². The maximum Gasteiger partial charge on any atom is 0.154 e. The van der Waals surface area contributed by atoms with E-state index in [-0.39, 0.29) is 0 Å². The molecule has 3 unspecified atom stereocenters. The molecule has 0 aromatic heterocycles.